The van der Waals surface area contributed by atoms with Crippen LogP contribution in [0.25, 0.3) is 0 Å². The Morgan fingerprint density at radius 1 is 1.33 bits per heavy atom. The molecule has 1 aromatic heterocycles. The molecule has 0 spiro atoms. The molecule has 0 bridgehead atoms. The summed E-state index contributed by atoms with van der Waals surface area (Å²) in [6, 6.07) is 3.40. The monoisotopic (exact) mass is 293 g/mol. The number of rotatable bonds is 5. The first-order chi connectivity index (χ1) is 10.1. The number of piperazine rings is 1. The van der Waals surface area contributed by atoms with E-state index in [2.05, 4.69) is 4.98 Å². The van der Waals surface area contributed by atoms with Gasteiger partial charge >= 0.3 is 11.9 Å². The third kappa shape index (κ3) is 3.91. The number of carboxylic acids is 1. The molecule has 114 valence electrons. The van der Waals surface area contributed by atoms with E-state index in [1.807, 2.05) is 9.80 Å². The highest BCUT2D eigenvalue weighted by Crippen LogP contribution is 2.19. The first-order valence-corrected chi connectivity index (χ1v) is 6.93. The quantitative estimate of drug-likeness (QED) is 0.790. The van der Waals surface area contributed by atoms with Gasteiger partial charge in [-0.05, 0) is 19.1 Å². The van der Waals surface area contributed by atoms with Crippen LogP contribution in [0.1, 0.15) is 17.3 Å². The Labute approximate surface area is 123 Å². The van der Waals surface area contributed by atoms with Crippen molar-refractivity contribution >= 4 is 17.8 Å². The lowest BCUT2D eigenvalue weighted by Crippen LogP contribution is -2.48. The Bertz CT molecular complexity index is 513. The maximum atomic E-state index is 11.9. The van der Waals surface area contributed by atoms with Gasteiger partial charge in [-0.1, -0.05) is 0 Å². The lowest BCUT2D eigenvalue weighted by Gasteiger charge is -2.35. The molecular formula is C14H19N3O4. The fraction of sp³-hybridized carbons (Fsp3) is 0.500. The zero-order valence-electron chi connectivity index (χ0n) is 12.0. The first kappa shape index (κ1) is 15.2. The molecule has 0 atom stereocenters. The second-order valence-electron chi connectivity index (χ2n) is 4.75. The van der Waals surface area contributed by atoms with Gasteiger partial charge in [0.2, 0.25) is 0 Å². The highest BCUT2D eigenvalue weighted by atomic mass is 16.5. The van der Waals surface area contributed by atoms with E-state index in [4.69, 9.17) is 9.84 Å². The zero-order valence-corrected chi connectivity index (χ0v) is 12.0. The van der Waals surface area contributed by atoms with Crippen LogP contribution in [0, 0.1) is 0 Å². The molecule has 1 N–H and O–H groups in total. The summed E-state index contributed by atoms with van der Waals surface area (Å²) in [6.45, 7) is 4.66. The molecule has 1 aromatic rings. The van der Waals surface area contributed by atoms with Gasteiger partial charge in [0.1, 0.15) is 11.4 Å². The number of carbonyl (C=O) groups is 2. The average Bonchev–Trinajstić information content (AvgIpc) is 2.48. The number of carboxylic acid groups (broad SMARTS) is 1. The van der Waals surface area contributed by atoms with Crippen LogP contribution in [-0.2, 0) is 9.53 Å². The molecule has 0 aromatic carbocycles. The topological polar surface area (TPSA) is 83.0 Å². The minimum atomic E-state index is -0.825. The number of carbonyl (C=O) groups excluding carboxylic acids is 1. The van der Waals surface area contributed by atoms with Gasteiger partial charge in [-0.25, -0.2) is 9.78 Å². The van der Waals surface area contributed by atoms with Crippen LogP contribution in [0.4, 0.5) is 5.82 Å². The van der Waals surface area contributed by atoms with Crippen LogP contribution in [-0.4, -0.2) is 66.3 Å². The van der Waals surface area contributed by atoms with Gasteiger partial charge in [-0.15, -0.1) is 0 Å². The number of ether oxygens (including phenoxy) is 1. The molecule has 7 nitrogen and oxygen atoms in total. The fourth-order valence-electron chi connectivity index (χ4n) is 2.33. The Kier molecular flexibility index (Phi) is 5.10. The first-order valence-electron chi connectivity index (χ1n) is 6.93. The van der Waals surface area contributed by atoms with Gasteiger partial charge in [-0.3, -0.25) is 9.69 Å². The molecule has 0 unspecified atom stereocenters. The summed E-state index contributed by atoms with van der Waals surface area (Å²) in [5.74, 6) is -0.604. The van der Waals surface area contributed by atoms with Crippen molar-refractivity contribution in [2.45, 2.75) is 6.92 Å². The second kappa shape index (κ2) is 7.03. The van der Waals surface area contributed by atoms with Gasteiger partial charge < -0.3 is 14.7 Å². The number of aromatic nitrogens is 1. The maximum Gasteiger partial charge on any atom is 0.341 e. The molecule has 7 heteroatoms. The molecule has 2 heterocycles. The summed E-state index contributed by atoms with van der Waals surface area (Å²) in [5.41, 5.74) is 0.450. The Morgan fingerprint density at radius 2 is 2.05 bits per heavy atom. The smallest absolute Gasteiger partial charge is 0.341 e. The summed E-state index contributed by atoms with van der Waals surface area (Å²) in [7, 11) is 0. The number of aliphatic carboxylic acids is 1. The predicted octanol–water partition coefficient (Wildman–Crippen LogP) is 0.465. The van der Waals surface area contributed by atoms with Crippen molar-refractivity contribution < 1.29 is 19.4 Å². The third-order valence-electron chi connectivity index (χ3n) is 3.31. The molecule has 0 aliphatic carbocycles. The average molecular weight is 293 g/mol. The van der Waals surface area contributed by atoms with Crippen LogP contribution in [0.5, 0.6) is 0 Å². The van der Waals surface area contributed by atoms with Gasteiger partial charge in [0, 0.05) is 32.4 Å². The summed E-state index contributed by atoms with van der Waals surface area (Å²) < 4.78 is 5.04. The van der Waals surface area contributed by atoms with E-state index in [1.165, 1.54) is 0 Å². The van der Waals surface area contributed by atoms with Gasteiger partial charge in [0.25, 0.3) is 0 Å². The molecule has 1 aliphatic rings. The summed E-state index contributed by atoms with van der Waals surface area (Å²) in [6.07, 6.45) is 1.64. The van der Waals surface area contributed by atoms with Crippen molar-refractivity contribution in [1.29, 1.82) is 0 Å². The van der Waals surface area contributed by atoms with Gasteiger partial charge in [-0.2, -0.15) is 0 Å². The molecule has 0 amide bonds. The predicted molar refractivity (Wildman–Crippen MR) is 76.5 cm³/mol. The molecular weight excluding hydrogens is 274 g/mol. The standard InChI is InChI=1S/C14H19N3O4/c1-2-21-14(20)11-4-3-5-15-13(11)17-8-6-16(7-9-17)10-12(18)19/h3-5H,2,6-10H2,1H3,(H,18,19). The molecule has 0 saturated carbocycles. The SMILES string of the molecule is CCOC(=O)c1cccnc1N1CCN(CC(=O)O)CC1. The van der Waals surface area contributed by atoms with E-state index in [0.29, 0.717) is 44.2 Å². The third-order valence-corrected chi connectivity index (χ3v) is 3.31. The van der Waals surface area contributed by atoms with E-state index in [1.54, 1.807) is 25.3 Å². The van der Waals surface area contributed by atoms with E-state index >= 15 is 0 Å². The largest absolute Gasteiger partial charge is 0.480 e. The van der Waals surface area contributed by atoms with Crippen molar-refractivity contribution in [3.63, 3.8) is 0 Å². The van der Waals surface area contributed by atoms with Crippen molar-refractivity contribution in [3.05, 3.63) is 23.9 Å². The van der Waals surface area contributed by atoms with Crippen molar-refractivity contribution in [2.24, 2.45) is 0 Å². The van der Waals surface area contributed by atoms with E-state index in [0.717, 1.165) is 0 Å². The number of esters is 1. The molecule has 1 saturated heterocycles. The number of hydrogen-bond acceptors (Lipinski definition) is 6. The maximum absolute atomic E-state index is 11.9. The van der Waals surface area contributed by atoms with Crippen LogP contribution in [0.15, 0.2) is 18.3 Å². The highest BCUT2D eigenvalue weighted by Gasteiger charge is 2.23. The number of pyridine rings is 1. The van der Waals surface area contributed by atoms with E-state index in [-0.39, 0.29) is 12.5 Å². The number of anilines is 1. The van der Waals surface area contributed by atoms with Crippen LogP contribution in [0.2, 0.25) is 0 Å². The van der Waals surface area contributed by atoms with E-state index in [9.17, 15) is 9.59 Å². The van der Waals surface area contributed by atoms with Gasteiger partial charge in [0.15, 0.2) is 0 Å². The molecule has 2 rings (SSSR count). The Morgan fingerprint density at radius 3 is 2.67 bits per heavy atom. The molecule has 0 radical (unpaired) electrons. The highest BCUT2D eigenvalue weighted by molar-refractivity contribution is 5.94. The van der Waals surface area contributed by atoms with Crippen LogP contribution >= 0.6 is 0 Å². The van der Waals surface area contributed by atoms with Crippen LogP contribution < -0.4 is 4.90 Å². The Hall–Kier alpha value is -2.15. The lowest BCUT2D eigenvalue weighted by atomic mass is 10.2. The minimum absolute atomic E-state index is 0.0425. The van der Waals surface area contributed by atoms with Crippen molar-refractivity contribution in [1.82, 2.24) is 9.88 Å². The minimum Gasteiger partial charge on any atom is -0.480 e. The summed E-state index contributed by atoms with van der Waals surface area (Å²) in [5, 5.41) is 8.80. The van der Waals surface area contributed by atoms with Crippen LogP contribution in [0.3, 0.4) is 0 Å². The number of hydrogen-bond donors (Lipinski definition) is 1. The van der Waals surface area contributed by atoms with Crippen molar-refractivity contribution in [2.75, 3.05) is 44.2 Å². The van der Waals surface area contributed by atoms with Crippen molar-refractivity contribution in [3.8, 4) is 0 Å². The Balaban J connectivity index is 2.06. The second-order valence-corrected chi connectivity index (χ2v) is 4.75. The normalized spacial score (nSPS) is 15.8. The summed E-state index contributed by atoms with van der Waals surface area (Å²) in [4.78, 5) is 30.8. The molecule has 21 heavy (non-hydrogen) atoms. The molecule has 1 aliphatic heterocycles. The lowest BCUT2D eigenvalue weighted by molar-refractivity contribution is -0.138. The summed E-state index contributed by atoms with van der Waals surface area (Å²) >= 11 is 0. The van der Waals surface area contributed by atoms with E-state index < -0.39 is 5.97 Å². The number of nitrogens with zero attached hydrogens (tertiary/aromatic N) is 3. The fourth-order valence-corrected chi connectivity index (χ4v) is 2.33. The zero-order chi connectivity index (χ0) is 15.2. The van der Waals surface area contributed by atoms with Gasteiger partial charge in [0.05, 0.1) is 13.2 Å². The molecule has 1 fully saturated rings.